The highest BCUT2D eigenvalue weighted by atomic mass is 16.5. The molecular weight excluding hydrogens is 512 g/mol. The second kappa shape index (κ2) is 9.49. The summed E-state index contributed by atoms with van der Waals surface area (Å²) in [6.45, 7) is 14.8. The zero-order valence-electron chi connectivity index (χ0n) is 26.1. The van der Waals surface area contributed by atoms with E-state index in [1.807, 2.05) is 12.1 Å². The van der Waals surface area contributed by atoms with Gasteiger partial charge in [0.25, 0.3) is 0 Å². The van der Waals surface area contributed by atoms with Crippen molar-refractivity contribution in [3.05, 3.63) is 35.9 Å². The zero-order chi connectivity index (χ0) is 29.6. The highest BCUT2D eigenvalue weighted by molar-refractivity contribution is 5.76. The van der Waals surface area contributed by atoms with Crippen molar-refractivity contribution in [2.45, 2.75) is 105 Å². The molecule has 5 nitrogen and oxygen atoms in total. The summed E-state index contributed by atoms with van der Waals surface area (Å²) in [6.07, 6.45) is 10.5. The van der Waals surface area contributed by atoms with Gasteiger partial charge in [-0.15, -0.1) is 0 Å². The van der Waals surface area contributed by atoms with Gasteiger partial charge in [-0.1, -0.05) is 53.2 Å². The number of phenols is 1. The van der Waals surface area contributed by atoms with E-state index in [-0.39, 0.29) is 39.4 Å². The van der Waals surface area contributed by atoms with E-state index < -0.39 is 11.4 Å². The van der Waals surface area contributed by atoms with Crippen LogP contribution in [0.5, 0.6) is 11.5 Å². The fourth-order valence-electron chi connectivity index (χ4n) is 11.7. The Morgan fingerprint density at radius 1 is 0.927 bits per heavy atom. The molecule has 0 bridgehead atoms. The molecule has 41 heavy (non-hydrogen) atoms. The van der Waals surface area contributed by atoms with Gasteiger partial charge in [0.15, 0.2) is 0 Å². The van der Waals surface area contributed by atoms with Crippen LogP contribution in [-0.4, -0.2) is 34.0 Å². The number of carbonyl (C=O) groups is 1. The molecule has 1 aromatic rings. The van der Waals surface area contributed by atoms with Crippen LogP contribution in [0.15, 0.2) is 35.9 Å². The Kier molecular flexibility index (Phi) is 6.73. The number of rotatable bonds is 4. The molecular formula is C36H52O5. The van der Waals surface area contributed by atoms with E-state index in [2.05, 4.69) is 47.6 Å². The molecule has 0 aromatic heterocycles. The van der Waals surface area contributed by atoms with Gasteiger partial charge < -0.3 is 20.1 Å². The number of phenolic OH excluding ortho intramolecular Hbond substituents is 1. The van der Waals surface area contributed by atoms with Crippen molar-refractivity contribution >= 4 is 5.97 Å². The summed E-state index contributed by atoms with van der Waals surface area (Å²) in [5, 5.41) is 31.8. The summed E-state index contributed by atoms with van der Waals surface area (Å²) < 4.78 is 6.70. The Balaban J connectivity index is 1.49. The molecule has 5 aliphatic carbocycles. The van der Waals surface area contributed by atoms with Gasteiger partial charge in [-0.25, -0.2) is 0 Å². The third-order valence-corrected chi connectivity index (χ3v) is 14.4. The van der Waals surface area contributed by atoms with Crippen LogP contribution in [0.1, 0.15) is 99.3 Å². The highest BCUT2D eigenvalue weighted by Gasteiger charge is 2.71. The van der Waals surface area contributed by atoms with Crippen LogP contribution in [0.3, 0.4) is 0 Å². The van der Waals surface area contributed by atoms with Crippen molar-refractivity contribution in [2.24, 2.45) is 56.7 Å². The summed E-state index contributed by atoms with van der Waals surface area (Å²) in [6, 6.07) is 7.05. The molecule has 3 N–H and O–H groups in total. The summed E-state index contributed by atoms with van der Waals surface area (Å²) in [5.74, 6) is 2.08. The average Bonchev–Trinajstić information content (AvgIpc) is 2.92. The molecule has 0 radical (unpaired) electrons. The van der Waals surface area contributed by atoms with Crippen LogP contribution >= 0.6 is 0 Å². The number of aliphatic hydroxyl groups is 1. The number of carboxylic acids is 1. The predicted octanol–water partition coefficient (Wildman–Crippen LogP) is 7.85. The normalized spacial score (nSPS) is 46.7. The Labute approximate surface area is 246 Å². The molecule has 0 amide bonds. The van der Waals surface area contributed by atoms with Gasteiger partial charge >= 0.3 is 5.97 Å². The van der Waals surface area contributed by atoms with Crippen molar-refractivity contribution < 1.29 is 24.9 Å². The fourth-order valence-corrected chi connectivity index (χ4v) is 11.7. The smallest absolute Gasteiger partial charge is 0.310 e. The van der Waals surface area contributed by atoms with Gasteiger partial charge in [-0.2, -0.15) is 0 Å². The number of carboxylic acid groups (broad SMARTS) is 1. The first-order valence-corrected chi connectivity index (χ1v) is 16.3. The van der Waals surface area contributed by atoms with Gasteiger partial charge in [0, 0.05) is 5.41 Å². The van der Waals surface area contributed by atoms with Gasteiger partial charge in [0.2, 0.25) is 0 Å². The van der Waals surface area contributed by atoms with E-state index in [1.54, 1.807) is 12.1 Å². The second-order valence-corrected chi connectivity index (χ2v) is 16.0. The minimum absolute atomic E-state index is 0.0221. The Hall–Kier alpha value is -2.01. The lowest BCUT2D eigenvalue weighted by Crippen LogP contribution is -2.67. The number of aromatic hydroxyl groups is 1. The number of aliphatic carboxylic acids is 1. The van der Waals surface area contributed by atoms with E-state index in [1.165, 1.54) is 5.57 Å². The van der Waals surface area contributed by atoms with Crippen molar-refractivity contribution in [1.29, 1.82) is 0 Å². The summed E-state index contributed by atoms with van der Waals surface area (Å²) >= 11 is 0. The molecule has 4 saturated carbocycles. The molecule has 1 aromatic carbocycles. The van der Waals surface area contributed by atoms with E-state index in [0.717, 1.165) is 57.1 Å². The molecule has 5 aliphatic rings. The van der Waals surface area contributed by atoms with Gasteiger partial charge in [-0.3, -0.25) is 4.79 Å². The Bertz CT molecular complexity index is 1220. The Morgan fingerprint density at radius 2 is 1.63 bits per heavy atom. The van der Waals surface area contributed by atoms with Crippen LogP contribution in [0.2, 0.25) is 0 Å². The SMILES string of the molecule is C[C@H]1[C@H](C)CC[C@]2(C(=O)O)CC[C@]3(COc4ccc(O)cc4)C(=CC[C@@H]4[C@@]5(C)CC[C@H](O)C(C)(C)[C@@H]5CC[C@]43C)[C@H]12. The van der Waals surface area contributed by atoms with E-state index in [0.29, 0.717) is 36.7 Å². The lowest BCUT2D eigenvalue weighted by atomic mass is 9.33. The van der Waals surface area contributed by atoms with Crippen molar-refractivity contribution in [1.82, 2.24) is 0 Å². The summed E-state index contributed by atoms with van der Waals surface area (Å²) in [4.78, 5) is 13.2. The van der Waals surface area contributed by atoms with Gasteiger partial charge in [0.05, 0.1) is 18.1 Å². The zero-order valence-corrected chi connectivity index (χ0v) is 26.1. The average molecular weight is 565 g/mol. The van der Waals surface area contributed by atoms with Crippen LogP contribution in [0, 0.1) is 56.7 Å². The number of hydrogen-bond acceptors (Lipinski definition) is 4. The van der Waals surface area contributed by atoms with Crippen LogP contribution in [-0.2, 0) is 4.79 Å². The predicted molar refractivity (Wildman–Crippen MR) is 161 cm³/mol. The largest absolute Gasteiger partial charge is 0.508 e. The maximum absolute atomic E-state index is 13.2. The minimum atomic E-state index is -0.693. The van der Waals surface area contributed by atoms with E-state index in [9.17, 15) is 20.1 Å². The molecule has 0 aliphatic heterocycles. The number of fused-ring (bicyclic) bond motifs is 7. The molecule has 0 heterocycles. The third kappa shape index (κ3) is 3.85. The number of allylic oxidation sites excluding steroid dienone is 1. The molecule has 0 spiro atoms. The molecule has 226 valence electrons. The number of aliphatic hydroxyl groups excluding tert-OH is 1. The quantitative estimate of drug-likeness (QED) is 0.324. The molecule has 6 rings (SSSR count). The first kappa shape index (κ1) is 29.1. The molecule has 0 unspecified atom stereocenters. The van der Waals surface area contributed by atoms with Crippen LogP contribution in [0.4, 0.5) is 0 Å². The topological polar surface area (TPSA) is 87.0 Å². The van der Waals surface area contributed by atoms with Crippen molar-refractivity contribution in [3.63, 3.8) is 0 Å². The number of ether oxygens (including phenoxy) is 1. The monoisotopic (exact) mass is 564 g/mol. The number of benzene rings is 1. The highest BCUT2D eigenvalue weighted by Crippen LogP contribution is 2.76. The molecule has 4 fully saturated rings. The van der Waals surface area contributed by atoms with Crippen LogP contribution in [0.25, 0.3) is 0 Å². The first-order valence-electron chi connectivity index (χ1n) is 16.3. The summed E-state index contributed by atoms with van der Waals surface area (Å²) in [7, 11) is 0. The van der Waals surface area contributed by atoms with Crippen molar-refractivity contribution in [2.75, 3.05) is 6.61 Å². The lowest BCUT2D eigenvalue weighted by Gasteiger charge is -2.71. The lowest BCUT2D eigenvalue weighted by molar-refractivity contribution is -0.214. The standard InChI is InChI=1S/C36H52O5/c1-22-13-18-35(31(39)40)19-20-36(21-41-25-9-7-24(37)8-10-25)26(30(35)23(22)2)11-12-28-33(5)16-15-29(38)32(3,4)27(33)14-17-34(28,36)6/h7-11,22-23,27-30,37-38H,12-21H2,1-6H3,(H,39,40)/t22-,23+,27+,28-,29+,30+,33+,34-,35+,36+/m1/s1. The van der Waals surface area contributed by atoms with Crippen LogP contribution < -0.4 is 4.74 Å². The molecule has 10 atom stereocenters. The van der Waals surface area contributed by atoms with E-state index in [4.69, 9.17) is 4.74 Å². The summed E-state index contributed by atoms with van der Waals surface area (Å²) in [5.41, 5.74) is 0.378. The number of hydrogen-bond donors (Lipinski definition) is 3. The maximum Gasteiger partial charge on any atom is 0.310 e. The van der Waals surface area contributed by atoms with E-state index >= 15 is 0 Å². The van der Waals surface area contributed by atoms with Gasteiger partial charge in [-0.05, 0) is 128 Å². The molecule has 0 saturated heterocycles. The maximum atomic E-state index is 13.2. The first-order chi connectivity index (χ1) is 19.2. The molecule has 5 heteroatoms. The fraction of sp³-hybridized carbons (Fsp3) is 0.750. The minimum Gasteiger partial charge on any atom is -0.508 e. The third-order valence-electron chi connectivity index (χ3n) is 14.4. The Morgan fingerprint density at radius 3 is 2.32 bits per heavy atom. The second-order valence-electron chi connectivity index (χ2n) is 16.0. The van der Waals surface area contributed by atoms with Crippen molar-refractivity contribution in [3.8, 4) is 11.5 Å². The van der Waals surface area contributed by atoms with Gasteiger partial charge in [0.1, 0.15) is 11.5 Å².